The molecule has 16 nitrogen and oxygen atoms in total. The number of ether oxygens (including phenoxy) is 3. The summed E-state index contributed by atoms with van der Waals surface area (Å²) in [6.45, 7) is 14.9. The molecule has 5 fully saturated rings. The van der Waals surface area contributed by atoms with Crippen LogP contribution in [0.4, 0.5) is 21.1 Å². The van der Waals surface area contributed by atoms with E-state index >= 15 is 0 Å². The Labute approximate surface area is 380 Å². The van der Waals surface area contributed by atoms with Gasteiger partial charge >= 0.3 is 17.9 Å². The van der Waals surface area contributed by atoms with Crippen molar-refractivity contribution in [3.8, 4) is 22.8 Å². The summed E-state index contributed by atoms with van der Waals surface area (Å²) in [6, 6.07) is 13.1. The molecule has 9 rings (SSSR count). The van der Waals surface area contributed by atoms with E-state index in [2.05, 4.69) is 27.1 Å². The lowest BCUT2D eigenvalue weighted by Crippen LogP contribution is -2.46. The van der Waals surface area contributed by atoms with Gasteiger partial charge in [-0.25, -0.2) is 24.2 Å². The monoisotopic (exact) mass is 892 g/mol. The Kier molecular flexibility index (Phi) is 12.9. The summed E-state index contributed by atoms with van der Waals surface area (Å²) in [5, 5.41) is 21.0. The zero-order chi connectivity index (χ0) is 46.3. The third-order valence-corrected chi connectivity index (χ3v) is 13.6. The molecule has 4 aromatic rings. The number of nitrogens with one attached hydrogen (secondary N) is 1. The minimum absolute atomic E-state index is 0.0153. The number of fused-ring (bicyclic) bond motifs is 1. The predicted octanol–water partition coefficient (Wildman–Crippen LogP) is 10.3. The van der Waals surface area contributed by atoms with E-state index in [-0.39, 0.29) is 46.2 Å². The van der Waals surface area contributed by atoms with Crippen molar-refractivity contribution >= 4 is 40.6 Å². The second-order valence-corrected chi connectivity index (χ2v) is 21.1. The summed E-state index contributed by atoms with van der Waals surface area (Å²) < 4.78 is 19.1. The van der Waals surface area contributed by atoms with Gasteiger partial charge in [-0.3, -0.25) is 14.9 Å². The van der Waals surface area contributed by atoms with E-state index in [1.54, 1.807) is 76.6 Å². The highest BCUT2D eigenvalue weighted by molar-refractivity contribution is 6.15. The Bertz CT molecular complexity index is 2330. The van der Waals surface area contributed by atoms with Crippen LogP contribution in [0.1, 0.15) is 119 Å². The second-order valence-electron chi connectivity index (χ2n) is 21.1. The van der Waals surface area contributed by atoms with E-state index < -0.39 is 28.3 Å². The topological polar surface area (TPSA) is 184 Å². The molecule has 348 valence electrons. The van der Waals surface area contributed by atoms with Crippen LogP contribution < -0.4 is 15.0 Å². The number of piperidine rings is 1. The van der Waals surface area contributed by atoms with Crippen molar-refractivity contribution in [1.29, 1.82) is 0 Å². The van der Waals surface area contributed by atoms with Crippen molar-refractivity contribution < 1.29 is 33.5 Å². The van der Waals surface area contributed by atoms with Crippen LogP contribution in [0.15, 0.2) is 54.9 Å². The minimum Gasteiger partial charge on any atom is -0.450 e. The van der Waals surface area contributed by atoms with Gasteiger partial charge in [0.05, 0.1) is 16.4 Å². The zero-order valence-corrected chi connectivity index (χ0v) is 38.9. The Hall–Kier alpha value is -5.64. The molecule has 65 heavy (non-hydrogen) atoms. The van der Waals surface area contributed by atoms with Crippen LogP contribution in [0.5, 0.6) is 11.5 Å². The van der Waals surface area contributed by atoms with E-state index in [9.17, 15) is 24.5 Å². The van der Waals surface area contributed by atoms with Crippen LogP contribution >= 0.6 is 0 Å². The van der Waals surface area contributed by atoms with Crippen LogP contribution in [0.3, 0.4) is 0 Å². The number of carbonyl (C=O) groups is 3. The number of nitrogens with zero attached hydrogens (tertiary/aromatic N) is 7. The van der Waals surface area contributed by atoms with Gasteiger partial charge in [0.2, 0.25) is 11.7 Å². The van der Waals surface area contributed by atoms with Gasteiger partial charge in [-0.1, -0.05) is 25.1 Å². The summed E-state index contributed by atoms with van der Waals surface area (Å²) in [7, 11) is 0. The Balaban J connectivity index is 1.02. The van der Waals surface area contributed by atoms with Gasteiger partial charge in [-0.15, -0.1) is 0 Å². The van der Waals surface area contributed by atoms with Crippen molar-refractivity contribution in [3.05, 3.63) is 65.0 Å². The minimum atomic E-state index is -1.03. The number of hydrogen-bond acceptors (Lipinski definition) is 12. The Morgan fingerprint density at radius 1 is 0.908 bits per heavy atom. The van der Waals surface area contributed by atoms with Gasteiger partial charge in [0, 0.05) is 43.7 Å². The molecule has 4 aliphatic carbocycles. The molecule has 4 saturated carbocycles. The number of anilines is 1. The van der Waals surface area contributed by atoms with Crippen LogP contribution in [0.2, 0.25) is 0 Å². The summed E-state index contributed by atoms with van der Waals surface area (Å²) in [6.07, 6.45) is 11.0. The molecule has 2 aromatic carbocycles. The molecule has 3 heterocycles. The van der Waals surface area contributed by atoms with Gasteiger partial charge < -0.3 is 24.4 Å². The first-order chi connectivity index (χ1) is 30.8. The lowest BCUT2D eigenvalue weighted by molar-refractivity contribution is -0.385. The van der Waals surface area contributed by atoms with Gasteiger partial charge in [-0.05, 0) is 153 Å². The molecule has 1 atom stereocenters. The average molecular weight is 893 g/mol. The quantitative estimate of drug-likeness (QED) is 0.0991. The fourth-order valence-electron chi connectivity index (χ4n) is 11.1. The number of carbonyl (C=O) groups excluding carboxylic acids is 3. The first-order valence-corrected chi connectivity index (χ1v) is 23.3. The number of nitro benzene ring substituents is 1. The molecule has 0 radical (unpaired) electrons. The third-order valence-electron chi connectivity index (χ3n) is 13.6. The van der Waals surface area contributed by atoms with Crippen molar-refractivity contribution in [2.24, 2.45) is 29.1 Å². The summed E-state index contributed by atoms with van der Waals surface area (Å²) >= 11 is 0. The average Bonchev–Trinajstić information content (AvgIpc) is 3.62. The SMILES string of the molecule is C[C@H](CCC12CC3CC(CC(C3)C1)C2)C(=O)NCCN1CCC(n2nc(-c3ccc(Oc4ccccc4)c([N+](=O)[O-])c3)c3c(N(C(=O)OC(C)(C)C)C(=O)OC(C)(C)C)ncnc32)CC1. The molecule has 4 bridgehead atoms. The smallest absolute Gasteiger partial charge is 0.425 e. The fourth-order valence-corrected chi connectivity index (χ4v) is 11.1. The maximum Gasteiger partial charge on any atom is 0.425 e. The number of imide groups is 1. The molecule has 0 unspecified atom stereocenters. The number of nitro groups is 1. The standard InChI is InChI=1S/C49H64N8O8/c1-31(15-18-49-27-32-23-33(28-49)25-34(24-32)29-49)44(58)50-19-22-54-20-16-36(17-21-54)56-43-40(42(51-30-52-43)55(45(59)64-47(2,3)4)46(60)65-48(5,6)7)41(53-56)35-13-14-39(38(26-35)57(61)62)63-37-11-9-8-10-12-37/h8-14,26,30-34,36H,15-25,27-29H2,1-7H3,(H,50,58)/t31-,32?,33?,34?,49?/m1/s1. The number of likely N-dealkylation sites (tertiary alicyclic amines) is 1. The number of para-hydroxylation sites is 1. The lowest BCUT2D eigenvalue weighted by atomic mass is 9.48. The summed E-state index contributed by atoms with van der Waals surface area (Å²) in [5.74, 6) is 3.14. The van der Waals surface area contributed by atoms with E-state index in [1.807, 2.05) is 6.07 Å². The normalized spacial score (nSPS) is 22.7. The van der Waals surface area contributed by atoms with E-state index in [4.69, 9.17) is 19.3 Å². The largest absolute Gasteiger partial charge is 0.450 e. The molecule has 0 spiro atoms. The third kappa shape index (κ3) is 10.6. The lowest BCUT2D eigenvalue weighted by Gasteiger charge is -2.57. The van der Waals surface area contributed by atoms with Gasteiger partial charge in [0.1, 0.15) is 29.0 Å². The number of rotatable bonds is 13. The van der Waals surface area contributed by atoms with Crippen LogP contribution in [0, 0.1) is 39.2 Å². The number of benzene rings is 2. The van der Waals surface area contributed by atoms with Crippen LogP contribution in [-0.4, -0.2) is 85.0 Å². The summed E-state index contributed by atoms with van der Waals surface area (Å²) in [4.78, 5) is 65.4. The fraction of sp³-hybridized carbons (Fsp3) is 0.592. The number of amides is 3. The van der Waals surface area contributed by atoms with Crippen molar-refractivity contribution in [2.45, 2.75) is 130 Å². The number of aromatic nitrogens is 4. The molecule has 3 amide bonds. The second kappa shape index (κ2) is 18.3. The molecule has 5 aliphatic rings. The maximum atomic E-state index is 14.0. The highest BCUT2D eigenvalue weighted by Crippen LogP contribution is 2.62. The highest BCUT2D eigenvalue weighted by atomic mass is 16.6. The first-order valence-electron chi connectivity index (χ1n) is 23.3. The first kappa shape index (κ1) is 45.9. The summed E-state index contributed by atoms with van der Waals surface area (Å²) in [5.41, 5.74) is -0.987. The van der Waals surface area contributed by atoms with Crippen LogP contribution in [-0.2, 0) is 14.3 Å². The van der Waals surface area contributed by atoms with E-state index in [1.165, 1.54) is 63.4 Å². The zero-order valence-electron chi connectivity index (χ0n) is 38.9. The Morgan fingerprint density at radius 3 is 2.11 bits per heavy atom. The van der Waals surface area contributed by atoms with E-state index in [0.29, 0.717) is 48.3 Å². The molecular formula is C49H64N8O8. The molecule has 1 aliphatic heterocycles. The highest BCUT2D eigenvalue weighted by Gasteiger charge is 2.50. The van der Waals surface area contributed by atoms with Gasteiger partial charge in [0.25, 0.3) is 0 Å². The number of hydrogen-bond donors (Lipinski definition) is 1. The molecule has 16 heteroatoms. The molecule has 1 saturated heterocycles. The van der Waals surface area contributed by atoms with Crippen molar-refractivity contribution in [1.82, 2.24) is 30.0 Å². The molecule has 2 aromatic heterocycles. The van der Waals surface area contributed by atoms with Crippen molar-refractivity contribution in [3.63, 3.8) is 0 Å². The maximum absolute atomic E-state index is 14.0. The van der Waals surface area contributed by atoms with Gasteiger partial charge in [0.15, 0.2) is 11.5 Å². The Morgan fingerprint density at radius 2 is 1.52 bits per heavy atom. The van der Waals surface area contributed by atoms with Gasteiger partial charge in [-0.2, -0.15) is 10.00 Å². The van der Waals surface area contributed by atoms with E-state index in [0.717, 1.165) is 42.2 Å². The van der Waals surface area contributed by atoms with Crippen LogP contribution in [0.25, 0.3) is 22.3 Å². The molecular weight excluding hydrogens is 829 g/mol. The predicted molar refractivity (Wildman–Crippen MR) is 246 cm³/mol. The molecule has 1 N–H and O–H groups in total. The van der Waals surface area contributed by atoms with Crippen molar-refractivity contribution in [2.75, 3.05) is 31.1 Å².